The van der Waals surface area contributed by atoms with E-state index >= 15 is 0 Å². The smallest absolute Gasteiger partial charge is 0.258 e. The third-order valence-electron chi connectivity index (χ3n) is 9.72. The van der Waals surface area contributed by atoms with Crippen molar-refractivity contribution in [3.05, 3.63) is 100 Å². The van der Waals surface area contributed by atoms with Crippen LogP contribution in [0.25, 0.3) is 0 Å². The van der Waals surface area contributed by atoms with Crippen molar-refractivity contribution in [1.29, 1.82) is 0 Å². The molecule has 2 saturated heterocycles. The van der Waals surface area contributed by atoms with E-state index in [0.29, 0.717) is 22.4 Å². The number of carbonyl (C=O) groups excluding carboxylic acids is 5. The molecule has 0 radical (unpaired) electrons. The Kier molecular flexibility index (Phi) is 6.97. The third kappa shape index (κ3) is 4.08. The fourth-order valence-corrected chi connectivity index (χ4v) is 8.80. The molecule has 234 valence electrons. The zero-order chi connectivity index (χ0) is 32.9. The number of anilines is 2. The van der Waals surface area contributed by atoms with Gasteiger partial charge in [-0.2, -0.15) is 0 Å². The van der Waals surface area contributed by atoms with Gasteiger partial charge in [-0.3, -0.25) is 28.9 Å². The first-order chi connectivity index (χ1) is 21.8. The summed E-state index contributed by atoms with van der Waals surface area (Å²) >= 11 is 21.3. The highest BCUT2D eigenvalue weighted by Gasteiger charge is 2.76. The first kappa shape index (κ1) is 30.6. The summed E-state index contributed by atoms with van der Waals surface area (Å²) < 4.78 is 13.8. The number of benzene rings is 3. The molecule has 0 spiro atoms. The second-order valence-electron chi connectivity index (χ2n) is 12.1. The van der Waals surface area contributed by atoms with Crippen LogP contribution in [0.4, 0.5) is 15.8 Å². The van der Waals surface area contributed by atoms with Gasteiger partial charge in [0.1, 0.15) is 11.6 Å². The number of ketones is 1. The van der Waals surface area contributed by atoms with Crippen molar-refractivity contribution in [2.75, 3.05) is 9.80 Å². The summed E-state index contributed by atoms with van der Waals surface area (Å²) in [5, 5.41) is 10.2. The zero-order valence-corrected chi connectivity index (χ0v) is 26.3. The monoisotopic (exact) mass is 680 g/mol. The number of nitrogens with zero attached hydrogens (tertiary/aromatic N) is 2. The van der Waals surface area contributed by atoms with Gasteiger partial charge >= 0.3 is 0 Å². The molecule has 4 amide bonds. The Labute approximate surface area is 277 Å². The molecule has 2 aliphatic carbocycles. The van der Waals surface area contributed by atoms with Crippen LogP contribution in [-0.4, -0.2) is 44.3 Å². The Morgan fingerprint density at radius 3 is 2.13 bits per heavy atom. The molecule has 3 aromatic carbocycles. The Hall–Kier alpha value is -4.05. The Bertz CT molecular complexity index is 1910. The summed E-state index contributed by atoms with van der Waals surface area (Å²) in [7, 11) is 0. The average molecular weight is 682 g/mol. The number of allylic oxidation sites excluding steroid dienone is 2. The quantitative estimate of drug-likeness (QED) is 0.153. The number of alkyl halides is 2. The van der Waals surface area contributed by atoms with Crippen molar-refractivity contribution in [3.8, 4) is 5.75 Å². The van der Waals surface area contributed by atoms with Crippen molar-refractivity contribution >= 4 is 75.6 Å². The Morgan fingerprint density at radius 1 is 0.870 bits per heavy atom. The van der Waals surface area contributed by atoms with Gasteiger partial charge in [0.25, 0.3) is 11.8 Å². The highest BCUT2D eigenvalue weighted by atomic mass is 35.5. The number of imide groups is 2. The lowest BCUT2D eigenvalue weighted by Gasteiger charge is -2.50. The van der Waals surface area contributed by atoms with Crippen LogP contribution >= 0.6 is 34.8 Å². The number of rotatable bonds is 4. The molecule has 1 N–H and O–H groups in total. The van der Waals surface area contributed by atoms with E-state index in [9.17, 15) is 33.5 Å². The molecule has 7 rings (SSSR count). The van der Waals surface area contributed by atoms with Crippen LogP contribution in [0.1, 0.15) is 41.6 Å². The van der Waals surface area contributed by atoms with Crippen LogP contribution in [0.5, 0.6) is 5.75 Å². The summed E-state index contributed by atoms with van der Waals surface area (Å²) in [6.45, 7) is 1.41. The van der Waals surface area contributed by atoms with Gasteiger partial charge in [-0.15, -0.1) is 23.2 Å². The molecular weight excluding hydrogens is 658 g/mol. The second-order valence-corrected chi connectivity index (χ2v) is 13.7. The average Bonchev–Trinajstić information content (AvgIpc) is 3.36. The molecule has 1 saturated carbocycles. The van der Waals surface area contributed by atoms with Crippen molar-refractivity contribution in [1.82, 2.24) is 0 Å². The lowest BCUT2D eigenvalue weighted by molar-refractivity contribution is -0.125. The fourth-order valence-electron chi connectivity index (χ4n) is 7.59. The highest BCUT2D eigenvalue weighted by molar-refractivity contribution is 6.58. The van der Waals surface area contributed by atoms with Crippen LogP contribution in [-0.2, 0) is 19.2 Å². The summed E-state index contributed by atoms with van der Waals surface area (Å²) in [4.78, 5) is 66.1. The lowest BCUT2D eigenvalue weighted by atomic mass is 9.56. The van der Waals surface area contributed by atoms with E-state index in [4.69, 9.17) is 34.8 Å². The van der Waals surface area contributed by atoms with Crippen LogP contribution in [0.15, 0.2) is 78.4 Å². The molecule has 0 unspecified atom stereocenters. The molecule has 0 bridgehead atoms. The van der Waals surface area contributed by atoms with Crippen molar-refractivity contribution < 1.29 is 33.5 Å². The molecule has 8 nitrogen and oxygen atoms in total. The minimum absolute atomic E-state index is 0.0502. The first-order valence-corrected chi connectivity index (χ1v) is 15.6. The molecule has 2 aliphatic heterocycles. The molecular formula is C34H24Cl3FN2O6. The summed E-state index contributed by atoms with van der Waals surface area (Å²) in [5.41, 5.74) is 1.60. The standard InChI is InChI=1S/C34H24Cl3FN2O6/c1-16(41)17-2-6-19(7-3-17)39-29(43)24-13-12-22-25(27(24)30(39)44)15-33(36)31(45)40(20-8-4-18(38)5-9-20)32(46)34(33,37)28(22)23-11-10-21(42)14-26(23)35/h2-12,14,24-25,27-28,42H,13,15H2,1H3/t24-,25+,27-,28+,33+,34-/m0/s1. The molecule has 0 aromatic heterocycles. The topological polar surface area (TPSA) is 112 Å². The lowest BCUT2D eigenvalue weighted by Crippen LogP contribution is -2.60. The zero-order valence-electron chi connectivity index (χ0n) is 24.0. The van der Waals surface area contributed by atoms with Gasteiger partial charge in [0.05, 0.1) is 23.2 Å². The number of fused-ring (bicyclic) bond motifs is 4. The molecule has 3 aromatic rings. The second kappa shape index (κ2) is 10.5. The van der Waals surface area contributed by atoms with E-state index in [-0.39, 0.29) is 35.1 Å². The van der Waals surface area contributed by atoms with E-state index in [2.05, 4.69) is 0 Å². The number of phenolic OH excluding ortho intramolecular Hbond substituents is 1. The number of carbonyl (C=O) groups is 5. The largest absolute Gasteiger partial charge is 0.508 e. The maximum absolute atomic E-state index is 14.4. The minimum Gasteiger partial charge on any atom is -0.508 e. The van der Waals surface area contributed by atoms with E-state index in [1.165, 1.54) is 61.5 Å². The maximum Gasteiger partial charge on any atom is 0.258 e. The van der Waals surface area contributed by atoms with Gasteiger partial charge < -0.3 is 5.11 Å². The SMILES string of the molecule is CC(=O)c1ccc(N2C(=O)[C@H]3[C@H](CC=C4[C@H]3C[C@@]3(Cl)C(=O)N(c5ccc(F)cc5)C(=O)[C@@]3(Cl)[C@H]4c3ccc(O)cc3Cl)C2=O)cc1. The summed E-state index contributed by atoms with van der Waals surface area (Å²) in [5.74, 6) is -7.23. The predicted molar refractivity (Wildman–Crippen MR) is 169 cm³/mol. The van der Waals surface area contributed by atoms with Crippen molar-refractivity contribution in [2.24, 2.45) is 17.8 Å². The number of phenols is 1. The predicted octanol–water partition coefficient (Wildman–Crippen LogP) is 6.16. The molecule has 4 aliphatic rings. The van der Waals surface area contributed by atoms with Gasteiger partial charge in [-0.25, -0.2) is 9.29 Å². The van der Waals surface area contributed by atoms with Gasteiger partial charge in [-0.05, 0) is 91.9 Å². The summed E-state index contributed by atoms with van der Waals surface area (Å²) in [6.07, 6.45) is 1.66. The minimum atomic E-state index is -2.15. The van der Waals surface area contributed by atoms with E-state index in [1.54, 1.807) is 6.08 Å². The maximum atomic E-state index is 14.4. The number of aromatic hydroxyl groups is 1. The Balaban J connectivity index is 1.38. The normalized spacial score (nSPS) is 30.2. The van der Waals surface area contributed by atoms with Gasteiger partial charge in [0.2, 0.25) is 11.8 Å². The van der Waals surface area contributed by atoms with Crippen molar-refractivity contribution in [3.63, 3.8) is 0 Å². The number of Topliss-reactive ketones (excluding diaryl/α,β-unsaturated/α-hetero) is 1. The number of amides is 4. The van der Waals surface area contributed by atoms with Gasteiger partial charge in [0.15, 0.2) is 15.5 Å². The van der Waals surface area contributed by atoms with Crippen LogP contribution < -0.4 is 9.80 Å². The van der Waals surface area contributed by atoms with Crippen LogP contribution in [0.2, 0.25) is 5.02 Å². The molecule has 46 heavy (non-hydrogen) atoms. The molecule has 6 atom stereocenters. The van der Waals surface area contributed by atoms with Crippen molar-refractivity contribution in [2.45, 2.75) is 35.4 Å². The number of hydrogen-bond donors (Lipinski definition) is 1. The van der Waals surface area contributed by atoms with Gasteiger partial charge in [0, 0.05) is 16.5 Å². The van der Waals surface area contributed by atoms with Crippen LogP contribution in [0.3, 0.4) is 0 Å². The first-order valence-electron chi connectivity index (χ1n) is 14.5. The summed E-state index contributed by atoms with van der Waals surface area (Å²) in [6, 6.07) is 15.0. The molecule has 12 heteroatoms. The van der Waals surface area contributed by atoms with Crippen LogP contribution in [0, 0.1) is 23.6 Å². The van der Waals surface area contributed by atoms with E-state index in [0.717, 1.165) is 21.9 Å². The van der Waals surface area contributed by atoms with E-state index < -0.39 is 62.9 Å². The van der Waals surface area contributed by atoms with E-state index in [1.807, 2.05) is 0 Å². The molecule has 2 heterocycles. The van der Waals surface area contributed by atoms with Gasteiger partial charge in [-0.1, -0.05) is 29.3 Å². The Morgan fingerprint density at radius 2 is 1.50 bits per heavy atom. The number of halogens is 4. The fraction of sp³-hybridized carbons (Fsp3) is 0.265. The molecule has 3 fully saturated rings. The third-order valence-corrected chi connectivity index (χ3v) is 11.5. The number of hydrogen-bond acceptors (Lipinski definition) is 6. The highest BCUT2D eigenvalue weighted by Crippen LogP contribution is 2.66.